The molecule has 0 spiro atoms. The van der Waals surface area contributed by atoms with Gasteiger partial charge in [-0.1, -0.05) is 20.8 Å². The maximum atomic E-state index is 13.1. The molecule has 0 atom stereocenters. The summed E-state index contributed by atoms with van der Waals surface area (Å²) >= 11 is 0. The van der Waals surface area contributed by atoms with Gasteiger partial charge >= 0.3 is 0 Å². The number of amides is 1. The van der Waals surface area contributed by atoms with Crippen molar-refractivity contribution in [3.05, 3.63) is 39.7 Å². The average molecular weight is 282 g/mol. The third-order valence-electron chi connectivity index (χ3n) is 2.65. The van der Waals surface area contributed by atoms with E-state index in [1.165, 1.54) is 0 Å². The highest BCUT2D eigenvalue weighted by molar-refractivity contribution is 6.00. The van der Waals surface area contributed by atoms with E-state index in [0.29, 0.717) is 0 Å². The molecular formula is C13H15FN2O4. The van der Waals surface area contributed by atoms with Gasteiger partial charge in [0.1, 0.15) is 11.4 Å². The van der Waals surface area contributed by atoms with E-state index in [9.17, 15) is 24.1 Å². The Kier molecular flexibility index (Phi) is 4.54. The zero-order valence-corrected chi connectivity index (χ0v) is 11.4. The molecule has 1 aromatic rings. The minimum atomic E-state index is -0.853. The summed E-state index contributed by atoms with van der Waals surface area (Å²) in [5.74, 6) is -1.85. The number of rotatable bonds is 4. The smallest absolute Gasteiger partial charge is 0.282 e. The van der Waals surface area contributed by atoms with Crippen molar-refractivity contribution < 1.29 is 18.9 Å². The maximum absolute atomic E-state index is 13.1. The van der Waals surface area contributed by atoms with E-state index < -0.39 is 33.3 Å². The Morgan fingerprint density at radius 1 is 1.35 bits per heavy atom. The molecule has 0 radical (unpaired) electrons. The fraction of sp³-hybridized carbons (Fsp3) is 0.385. The molecular weight excluding hydrogens is 267 g/mol. The van der Waals surface area contributed by atoms with Crippen LogP contribution in [0, 0.1) is 21.3 Å². The third-order valence-corrected chi connectivity index (χ3v) is 2.65. The third kappa shape index (κ3) is 3.84. The minimum absolute atomic E-state index is 0.232. The van der Waals surface area contributed by atoms with Gasteiger partial charge in [-0.2, -0.15) is 0 Å². The van der Waals surface area contributed by atoms with Crippen LogP contribution >= 0.6 is 0 Å². The number of halogens is 1. The van der Waals surface area contributed by atoms with Crippen LogP contribution in [-0.2, 0) is 4.79 Å². The maximum Gasteiger partial charge on any atom is 0.282 e. The summed E-state index contributed by atoms with van der Waals surface area (Å²) in [4.78, 5) is 33.5. The lowest BCUT2D eigenvalue weighted by atomic mass is 9.91. The lowest BCUT2D eigenvalue weighted by Crippen LogP contribution is -2.35. The number of hydrogen-bond acceptors (Lipinski definition) is 4. The average Bonchev–Trinajstić information content (AvgIpc) is 2.33. The van der Waals surface area contributed by atoms with Crippen LogP contribution in [0.15, 0.2) is 18.2 Å². The highest BCUT2D eigenvalue weighted by Crippen LogP contribution is 2.19. The largest absolute Gasteiger partial charge is 0.345 e. The van der Waals surface area contributed by atoms with Crippen molar-refractivity contribution in [3.63, 3.8) is 0 Å². The van der Waals surface area contributed by atoms with Gasteiger partial charge in [0.05, 0.1) is 11.5 Å². The Balaban J connectivity index is 2.91. The predicted octanol–water partition coefficient (Wildman–Crippen LogP) is 2.08. The molecule has 1 rings (SSSR count). The van der Waals surface area contributed by atoms with Gasteiger partial charge in [0.25, 0.3) is 11.6 Å². The number of hydrogen-bond donors (Lipinski definition) is 1. The van der Waals surface area contributed by atoms with Gasteiger partial charge in [0.15, 0.2) is 5.78 Å². The summed E-state index contributed by atoms with van der Waals surface area (Å²) < 4.78 is 13.1. The zero-order chi connectivity index (χ0) is 15.5. The van der Waals surface area contributed by atoms with Gasteiger partial charge in [-0.05, 0) is 12.1 Å². The molecule has 0 heterocycles. The van der Waals surface area contributed by atoms with Gasteiger partial charge in [0, 0.05) is 11.5 Å². The summed E-state index contributed by atoms with van der Waals surface area (Å²) in [7, 11) is 0. The number of carbonyl (C=O) groups excluding carboxylic acids is 2. The molecule has 0 aromatic heterocycles. The van der Waals surface area contributed by atoms with E-state index in [-0.39, 0.29) is 12.3 Å². The van der Waals surface area contributed by atoms with E-state index in [0.717, 1.165) is 18.2 Å². The quantitative estimate of drug-likeness (QED) is 0.676. The van der Waals surface area contributed by atoms with Crippen molar-refractivity contribution in [1.29, 1.82) is 0 Å². The second kappa shape index (κ2) is 5.77. The van der Waals surface area contributed by atoms with Crippen LogP contribution in [0.25, 0.3) is 0 Å². The van der Waals surface area contributed by atoms with Crippen LogP contribution in [0.5, 0.6) is 0 Å². The SMILES string of the molecule is CC(C)(C)C(=O)CNC(=O)c1cc(F)ccc1[N+](=O)[O-]. The molecule has 0 aliphatic rings. The normalized spacial score (nSPS) is 11.0. The van der Waals surface area contributed by atoms with E-state index in [2.05, 4.69) is 5.32 Å². The predicted molar refractivity (Wildman–Crippen MR) is 69.8 cm³/mol. The number of nitro benzene ring substituents is 1. The van der Waals surface area contributed by atoms with Crippen molar-refractivity contribution in [2.45, 2.75) is 20.8 Å². The summed E-state index contributed by atoms with van der Waals surface area (Å²) in [6.07, 6.45) is 0. The Morgan fingerprint density at radius 2 is 1.95 bits per heavy atom. The topological polar surface area (TPSA) is 89.3 Å². The van der Waals surface area contributed by atoms with Crippen LogP contribution in [0.2, 0.25) is 0 Å². The van der Waals surface area contributed by atoms with E-state index in [1.54, 1.807) is 20.8 Å². The number of Topliss-reactive ketones (excluding diaryl/α,β-unsaturated/α-hetero) is 1. The van der Waals surface area contributed by atoms with Crippen molar-refractivity contribution in [2.75, 3.05) is 6.54 Å². The summed E-state index contributed by atoms with van der Waals surface area (Å²) in [6.45, 7) is 4.79. The molecule has 0 aliphatic carbocycles. The molecule has 7 heteroatoms. The number of nitrogens with zero attached hydrogens (tertiary/aromatic N) is 1. The van der Waals surface area contributed by atoms with E-state index >= 15 is 0 Å². The summed E-state index contributed by atoms with van der Waals surface area (Å²) in [6, 6.07) is 2.58. The van der Waals surface area contributed by atoms with Gasteiger partial charge in [-0.25, -0.2) is 4.39 Å². The molecule has 0 unspecified atom stereocenters. The van der Waals surface area contributed by atoms with E-state index in [4.69, 9.17) is 0 Å². The Hall–Kier alpha value is -2.31. The molecule has 1 N–H and O–H groups in total. The molecule has 0 bridgehead atoms. The first kappa shape index (κ1) is 15.7. The number of ketones is 1. The Morgan fingerprint density at radius 3 is 2.45 bits per heavy atom. The van der Waals surface area contributed by atoms with Crippen LogP contribution in [0.3, 0.4) is 0 Å². The molecule has 0 saturated carbocycles. The first-order valence-corrected chi connectivity index (χ1v) is 5.88. The second-order valence-electron chi connectivity index (χ2n) is 5.27. The minimum Gasteiger partial charge on any atom is -0.345 e. The van der Waals surface area contributed by atoms with Gasteiger partial charge in [0.2, 0.25) is 0 Å². The summed E-state index contributed by atoms with van der Waals surface area (Å²) in [5.41, 5.74) is -1.55. The van der Waals surface area contributed by atoms with Crippen molar-refractivity contribution in [2.24, 2.45) is 5.41 Å². The standard InChI is InChI=1S/C13H15FN2O4/c1-13(2,3)11(17)7-15-12(18)9-6-8(14)4-5-10(9)16(19)20/h4-6H,7H2,1-3H3,(H,15,18). The highest BCUT2D eigenvalue weighted by Gasteiger charge is 2.24. The number of nitrogens with one attached hydrogen (secondary N) is 1. The van der Waals surface area contributed by atoms with Crippen LogP contribution in [-0.4, -0.2) is 23.2 Å². The van der Waals surface area contributed by atoms with Crippen LogP contribution in [0.1, 0.15) is 31.1 Å². The van der Waals surface area contributed by atoms with Gasteiger partial charge in [-0.3, -0.25) is 19.7 Å². The van der Waals surface area contributed by atoms with Crippen molar-refractivity contribution >= 4 is 17.4 Å². The molecule has 20 heavy (non-hydrogen) atoms. The first-order valence-electron chi connectivity index (χ1n) is 5.88. The number of carbonyl (C=O) groups is 2. The molecule has 0 fully saturated rings. The van der Waals surface area contributed by atoms with Crippen molar-refractivity contribution in [3.8, 4) is 0 Å². The fourth-order valence-electron chi connectivity index (χ4n) is 1.37. The zero-order valence-electron chi connectivity index (χ0n) is 11.4. The first-order chi connectivity index (χ1) is 9.12. The lowest BCUT2D eigenvalue weighted by molar-refractivity contribution is -0.385. The lowest BCUT2D eigenvalue weighted by Gasteiger charge is -2.16. The van der Waals surface area contributed by atoms with Crippen LogP contribution < -0.4 is 5.32 Å². The van der Waals surface area contributed by atoms with Crippen molar-refractivity contribution in [1.82, 2.24) is 5.32 Å². The van der Waals surface area contributed by atoms with Gasteiger partial charge < -0.3 is 5.32 Å². The molecule has 6 nitrogen and oxygen atoms in total. The summed E-state index contributed by atoms with van der Waals surface area (Å²) in [5, 5.41) is 13.0. The second-order valence-corrected chi connectivity index (χ2v) is 5.27. The number of benzene rings is 1. The Bertz CT molecular complexity index is 564. The van der Waals surface area contributed by atoms with Crippen LogP contribution in [0.4, 0.5) is 10.1 Å². The van der Waals surface area contributed by atoms with E-state index in [1.807, 2.05) is 0 Å². The van der Waals surface area contributed by atoms with Gasteiger partial charge in [-0.15, -0.1) is 0 Å². The highest BCUT2D eigenvalue weighted by atomic mass is 19.1. The number of nitro groups is 1. The molecule has 0 aliphatic heterocycles. The fourth-order valence-corrected chi connectivity index (χ4v) is 1.37. The Labute approximate surface area is 115 Å². The molecule has 1 aromatic carbocycles. The molecule has 1 amide bonds. The monoisotopic (exact) mass is 282 g/mol. The molecule has 0 saturated heterocycles. The molecule has 108 valence electrons.